The third kappa shape index (κ3) is 3.91. The van der Waals surface area contributed by atoms with Gasteiger partial charge in [-0.15, -0.1) is 0 Å². The summed E-state index contributed by atoms with van der Waals surface area (Å²) >= 11 is 6.37. The van der Waals surface area contributed by atoms with Gasteiger partial charge in [0, 0.05) is 24.1 Å². The van der Waals surface area contributed by atoms with Crippen LogP contribution in [0.3, 0.4) is 0 Å². The highest BCUT2D eigenvalue weighted by molar-refractivity contribution is 7.88. The molecule has 1 saturated heterocycles. The van der Waals surface area contributed by atoms with Gasteiger partial charge < -0.3 is 9.31 Å². The van der Waals surface area contributed by atoms with Crippen molar-refractivity contribution < 1.29 is 17.7 Å². The number of hydrogen-bond acceptors (Lipinski definition) is 4. The third-order valence-corrected chi connectivity index (χ3v) is 6.13. The number of sulfonamides is 1. The van der Waals surface area contributed by atoms with Gasteiger partial charge in [0.1, 0.15) is 0 Å². The second-order valence-electron chi connectivity index (χ2n) is 6.96. The SMILES string of the molecule is CN(Cc1ccc(B2OC(C)(C)C(C)(C)O2)c(Cl)c1)S(C)(=O)=O. The summed E-state index contributed by atoms with van der Waals surface area (Å²) in [5, 5.41) is 0.503. The van der Waals surface area contributed by atoms with E-state index in [1.165, 1.54) is 17.6 Å². The van der Waals surface area contributed by atoms with Gasteiger partial charge in [-0.3, -0.25) is 0 Å². The van der Waals surface area contributed by atoms with Crippen molar-refractivity contribution in [3.8, 4) is 0 Å². The Bertz CT molecular complexity index is 689. The van der Waals surface area contributed by atoms with E-state index in [0.717, 1.165) is 11.0 Å². The van der Waals surface area contributed by atoms with Crippen molar-refractivity contribution in [1.29, 1.82) is 0 Å². The second-order valence-corrected chi connectivity index (χ2v) is 9.46. The quantitative estimate of drug-likeness (QED) is 0.772. The highest BCUT2D eigenvalue weighted by Gasteiger charge is 2.52. The van der Waals surface area contributed by atoms with Crippen LogP contribution < -0.4 is 5.46 Å². The largest absolute Gasteiger partial charge is 0.496 e. The smallest absolute Gasteiger partial charge is 0.399 e. The molecular formula is C15H23BClNO4S. The molecule has 23 heavy (non-hydrogen) atoms. The minimum absolute atomic E-state index is 0.266. The van der Waals surface area contributed by atoms with Crippen molar-refractivity contribution in [3.63, 3.8) is 0 Å². The summed E-state index contributed by atoms with van der Waals surface area (Å²) in [4.78, 5) is 0. The lowest BCUT2D eigenvalue weighted by Crippen LogP contribution is -2.41. The van der Waals surface area contributed by atoms with Crippen LogP contribution in [0.25, 0.3) is 0 Å². The standard InChI is InChI=1S/C15H23BClNO4S/c1-14(2)15(3,4)22-16(21-14)12-8-7-11(9-13(12)17)10-18(5)23(6,19)20/h7-9H,10H2,1-6H3. The maximum atomic E-state index is 11.5. The van der Waals surface area contributed by atoms with E-state index in [2.05, 4.69) is 0 Å². The molecule has 1 aromatic carbocycles. The first-order valence-corrected chi connectivity index (χ1v) is 9.61. The molecule has 1 aliphatic heterocycles. The van der Waals surface area contributed by atoms with E-state index in [9.17, 15) is 8.42 Å². The van der Waals surface area contributed by atoms with Gasteiger partial charge in [-0.25, -0.2) is 12.7 Å². The predicted octanol–water partition coefficient (Wildman–Crippen LogP) is 2.03. The summed E-state index contributed by atoms with van der Waals surface area (Å²) < 4.78 is 36.2. The van der Waals surface area contributed by atoms with Gasteiger partial charge in [-0.1, -0.05) is 23.7 Å². The summed E-state index contributed by atoms with van der Waals surface area (Å²) in [5.41, 5.74) is 0.686. The van der Waals surface area contributed by atoms with E-state index in [-0.39, 0.29) is 6.54 Å². The number of hydrogen-bond donors (Lipinski definition) is 0. The summed E-state index contributed by atoms with van der Waals surface area (Å²) in [5.74, 6) is 0. The van der Waals surface area contributed by atoms with Crippen molar-refractivity contribution in [2.24, 2.45) is 0 Å². The fourth-order valence-corrected chi connectivity index (χ4v) is 2.88. The molecule has 8 heteroatoms. The molecule has 5 nitrogen and oxygen atoms in total. The Hall–Kier alpha value is -0.595. The molecular weight excluding hydrogens is 337 g/mol. The van der Waals surface area contributed by atoms with Gasteiger partial charge in [-0.2, -0.15) is 0 Å². The Balaban J connectivity index is 2.21. The molecule has 1 aromatic rings. The Morgan fingerprint density at radius 2 is 1.70 bits per heavy atom. The zero-order valence-corrected chi connectivity index (χ0v) is 16.0. The molecule has 1 heterocycles. The lowest BCUT2D eigenvalue weighted by Gasteiger charge is -2.32. The fourth-order valence-electron chi connectivity index (χ4n) is 2.20. The zero-order valence-electron chi connectivity index (χ0n) is 14.4. The summed E-state index contributed by atoms with van der Waals surface area (Å²) in [6.07, 6.45) is 1.17. The predicted molar refractivity (Wildman–Crippen MR) is 93.5 cm³/mol. The lowest BCUT2D eigenvalue weighted by atomic mass is 9.78. The van der Waals surface area contributed by atoms with Crippen molar-refractivity contribution in [2.75, 3.05) is 13.3 Å². The van der Waals surface area contributed by atoms with Gasteiger partial charge in [0.2, 0.25) is 10.0 Å². The maximum absolute atomic E-state index is 11.5. The first-order valence-electron chi connectivity index (χ1n) is 7.39. The van der Waals surface area contributed by atoms with Gasteiger partial charge in [0.15, 0.2) is 0 Å². The molecule has 0 atom stereocenters. The van der Waals surface area contributed by atoms with Gasteiger partial charge in [0.05, 0.1) is 17.5 Å². The number of halogens is 1. The Kier molecular flexibility index (Phi) is 4.92. The van der Waals surface area contributed by atoms with Crippen LogP contribution >= 0.6 is 11.6 Å². The van der Waals surface area contributed by atoms with Crippen LogP contribution in [0.5, 0.6) is 0 Å². The van der Waals surface area contributed by atoms with Crippen LogP contribution in [0.15, 0.2) is 18.2 Å². The average Bonchev–Trinajstić information content (AvgIpc) is 2.57. The molecule has 0 aliphatic carbocycles. The zero-order chi connectivity index (χ0) is 17.6. The van der Waals surface area contributed by atoms with Crippen LogP contribution in [0.2, 0.25) is 5.02 Å². The second kappa shape index (κ2) is 6.04. The highest BCUT2D eigenvalue weighted by atomic mass is 35.5. The van der Waals surface area contributed by atoms with Crippen LogP contribution in [-0.4, -0.2) is 44.3 Å². The van der Waals surface area contributed by atoms with Crippen LogP contribution in [0.4, 0.5) is 0 Å². The van der Waals surface area contributed by atoms with Crippen LogP contribution in [0.1, 0.15) is 33.3 Å². The Labute approximate surface area is 144 Å². The van der Waals surface area contributed by atoms with Gasteiger partial charge in [0.25, 0.3) is 0 Å². The molecule has 0 unspecified atom stereocenters. The van der Waals surface area contributed by atoms with E-state index in [1.807, 2.05) is 39.8 Å². The van der Waals surface area contributed by atoms with E-state index in [0.29, 0.717) is 5.02 Å². The lowest BCUT2D eigenvalue weighted by molar-refractivity contribution is 0.00578. The normalized spacial score (nSPS) is 20.3. The Morgan fingerprint density at radius 1 is 1.17 bits per heavy atom. The Morgan fingerprint density at radius 3 is 2.13 bits per heavy atom. The average molecular weight is 360 g/mol. The molecule has 2 rings (SSSR count). The number of nitrogens with zero attached hydrogens (tertiary/aromatic N) is 1. The first kappa shape index (κ1) is 18.7. The molecule has 0 aromatic heterocycles. The van der Waals surface area contributed by atoms with Crippen LogP contribution in [-0.2, 0) is 25.9 Å². The van der Waals surface area contributed by atoms with Crippen molar-refractivity contribution in [2.45, 2.75) is 45.4 Å². The minimum atomic E-state index is -3.23. The number of rotatable bonds is 4. The highest BCUT2D eigenvalue weighted by Crippen LogP contribution is 2.37. The minimum Gasteiger partial charge on any atom is -0.399 e. The summed E-state index contributed by atoms with van der Waals surface area (Å²) in [6, 6.07) is 5.42. The van der Waals surface area contributed by atoms with Crippen molar-refractivity contribution >= 4 is 34.2 Å². The van der Waals surface area contributed by atoms with E-state index < -0.39 is 28.3 Å². The molecule has 0 amide bonds. The third-order valence-electron chi connectivity index (χ3n) is 4.54. The summed E-state index contributed by atoms with van der Waals surface area (Å²) in [6.45, 7) is 8.20. The number of benzene rings is 1. The monoisotopic (exact) mass is 359 g/mol. The molecule has 0 bridgehead atoms. The van der Waals surface area contributed by atoms with Gasteiger partial charge >= 0.3 is 7.12 Å². The molecule has 1 aliphatic rings. The topological polar surface area (TPSA) is 55.8 Å². The molecule has 128 valence electrons. The van der Waals surface area contributed by atoms with E-state index in [1.54, 1.807) is 6.07 Å². The molecule has 0 saturated carbocycles. The molecule has 0 N–H and O–H groups in total. The fraction of sp³-hybridized carbons (Fsp3) is 0.600. The molecule has 0 radical (unpaired) electrons. The maximum Gasteiger partial charge on any atom is 0.496 e. The summed E-state index contributed by atoms with van der Waals surface area (Å²) in [7, 11) is -2.23. The molecule has 0 spiro atoms. The molecule has 1 fully saturated rings. The van der Waals surface area contributed by atoms with Crippen molar-refractivity contribution in [1.82, 2.24) is 4.31 Å². The first-order chi connectivity index (χ1) is 10.3. The van der Waals surface area contributed by atoms with Gasteiger partial charge in [-0.05, 0) is 39.3 Å². The van der Waals surface area contributed by atoms with E-state index >= 15 is 0 Å². The van der Waals surface area contributed by atoms with E-state index in [4.69, 9.17) is 20.9 Å². The van der Waals surface area contributed by atoms with Crippen LogP contribution in [0, 0.1) is 0 Å². The van der Waals surface area contributed by atoms with Crippen molar-refractivity contribution in [3.05, 3.63) is 28.8 Å².